The third-order valence-electron chi connectivity index (χ3n) is 2.58. The number of non-ortho nitro benzene ring substituents is 1. The zero-order valence-corrected chi connectivity index (χ0v) is 11.3. The van der Waals surface area contributed by atoms with Gasteiger partial charge in [0.05, 0.1) is 16.7 Å². The fourth-order valence-electron chi connectivity index (χ4n) is 1.70. The Morgan fingerprint density at radius 1 is 1.42 bits per heavy atom. The van der Waals surface area contributed by atoms with E-state index in [0.29, 0.717) is 5.75 Å². The van der Waals surface area contributed by atoms with Crippen molar-refractivity contribution in [3.8, 4) is 5.75 Å². The van der Waals surface area contributed by atoms with Crippen LogP contribution in [0, 0.1) is 10.1 Å². The lowest BCUT2D eigenvalue weighted by Crippen LogP contribution is -1.99. The van der Waals surface area contributed by atoms with Crippen LogP contribution in [0.1, 0.15) is 12.8 Å². The van der Waals surface area contributed by atoms with Crippen LogP contribution >= 0.6 is 11.9 Å². The maximum atomic E-state index is 10.8. The van der Waals surface area contributed by atoms with E-state index in [4.69, 9.17) is 4.74 Å². The summed E-state index contributed by atoms with van der Waals surface area (Å²) >= 11 is 1.41. The Bertz CT molecular complexity index is 541. The van der Waals surface area contributed by atoms with E-state index >= 15 is 0 Å². The fraction of sp³-hybridized carbons (Fsp3) is 0.231. The molecule has 0 heterocycles. The highest BCUT2D eigenvalue weighted by atomic mass is 32.2. The van der Waals surface area contributed by atoms with Crippen LogP contribution in [0.4, 0.5) is 11.4 Å². The first-order valence-electron chi connectivity index (χ1n) is 5.82. The normalized spacial score (nSPS) is 13.8. The Balaban J connectivity index is 2.28. The summed E-state index contributed by atoms with van der Waals surface area (Å²) in [5.41, 5.74) is 0.736. The van der Waals surface area contributed by atoms with Gasteiger partial charge in [0, 0.05) is 12.3 Å². The Kier molecular flexibility index (Phi) is 4.46. The maximum absolute atomic E-state index is 10.8. The molecule has 100 valence electrons. The van der Waals surface area contributed by atoms with Crippen LogP contribution in [0.5, 0.6) is 5.75 Å². The molecule has 0 saturated carbocycles. The number of allylic oxidation sites excluding steroid dienone is 3. The van der Waals surface area contributed by atoms with Gasteiger partial charge in [0.1, 0.15) is 5.76 Å². The predicted molar refractivity (Wildman–Crippen MR) is 77.3 cm³/mol. The Morgan fingerprint density at radius 2 is 2.26 bits per heavy atom. The third-order valence-corrected chi connectivity index (χ3v) is 3.00. The quantitative estimate of drug-likeness (QED) is 0.503. The van der Waals surface area contributed by atoms with Crippen LogP contribution in [0.25, 0.3) is 0 Å². The van der Waals surface area contributed by atoms with E-state index in [1.165, 1.54) is 24.1 Å². The monoisotopic (exact) mass is 278 g/mol. The Hall–Kier alpha value is -1.95. The highest BCUT2D eigenvalue weighted by Crippen LogP contribution is 2.32. The van der Waals surface area contributed by atoms with Crippen molar-refractivity contribution in [2.75, 3.05) is 11.0 Å². The summed E-state index contributed by atoms with van der Waals surface area (Å²) < 4.78 is 8.77. The van der Waals surface area contributed by atoms with Gasteiger partial charge in [-0.15, -0.1) is 0 Å². The van der Waals surface area contributed by atoms with Crippen molar-refractivity contribution in [2.24, 2.45) is 0 Å². The predicted octanol–water partition coefficient (Wildman–Crippen LogP) is 3.90. The molecule has 0 saturated heterocycles. The Labute approximate surface area is 115 Å². The summed E-state index contributed by atoms with van der Waals surface area (Å²) in [4.78, 5) is 10.4. The molecule has 0 aromatic heterocycles. The lowest BCUT2D eigenvalue weighted by molar-refractivity contribution is -0.384. The number of anilines is 1. The molecule has 0 amide bonds. The van der Waals surface area contributed by atoms with E-state index in [1.807, 2.05) is 24.5 Å². The minimum Gasteiger partial charge on any atom is -0.455 e. The third kappa shape index (κ3) is 3.51. The second-order valence-corrected chi connectivity index (χ2v) is 4.54. The van der Waals surface area contributed by atoms with Gasteiger partial charge < -0.3 is 9.46 Å². The average molecular weight is 278 g/mol. The van der Waals surface area contributed by atoms with Gasteiger partial charge >= 0.3 is 0 Å². The molecule has 1 aromatic rings. The molecule has 0 spiro atoms. The average Bonchev–Trinajstić information content (AvgIpc) is 2.42. The number of hydrogen-bond acceptors (Lipinski definition) is 5. The molecular formula is C13H14N2O3S. The number of benzene rings is 1. The molecular weight excluding hydrogens is 264 g/mol. The fourth-order valence-corrected chi connectivity index (χ4v) is 2.08. The molecule has 1 aromatic carbocycles. The minimum absolute atomic E-state index is 0.0158. The standard InChI is InChI=1S/C13H14N2O3S/c1-19-14-12-8-7-10(15(16)17)9-13(12)18-11-5-3-2-4-6-11/h3,5-9,14H,2,4H2,1H3. The van der Waals surface area contributed by atoms with Gasteiger partial charge in [-0.1, -0.05) is 18.0 Å². The molecule has 6 heteroatoms. The maximum Gasteiger partial charge on any atom is 0.273 e. The molecule has 1 aliphatic carbocycles. The summed E-state index contributed by atoms with van der Waals surface area (Å²) in [7, 11) is 0. The molecule has 1 aliphatic rings. The van der Waals surface area contributed by atoms with E-state index in [1.54, 1.807) is 6.07 Å². The molecule has 1 N–H and O–H groups in total. The number of ether oxygens (including phenoxy) is 1. The topological polar surface area (TPSA) is 64.4 Å². The van der Waals surface area contributed by atoms with Gasteiger partial charge in [0.25, 0.3) is 5.69 Å². The van der Waals surface area contributed by atoms with E-state index in [-0.39, 0.29) is 5.69 Å². The van der Waals surface area contributed by atoms with Crippen molar-refractivity contribution in [3.05, 3.63) is 52.3 Å². The number of nitrogens with zero attached hydrogens (tertiary/aromatic N) is 1. The lowest BCUT2D eigenvalue weighted by atomic mass is 10.2. The first-order chi connectivity index (χ1) is 9.20. The van der Waals surface area contributed by atoms with E-state index in [0.717, 1.165) is 24.3 Å². The van der Waals surface area contributed by atoms with Gasteiger partial charge in [0.2, 0.25) is 0 Å². The first-order valence-corrected chi connectivity index (χ1v) is 7.05. The lowest BCUT2D eigenvalue weighted by Gasteiger charge is -2.13. The highest BCUT2D eigenvalue weighted by molar-refractivity contribution is 7.99. The summed E-state index contributed by atoms with van der Waals surface area (Å²) in [5.74, 6) is 1.18. The SMILES string of the molecule is CSNc1ccc([N+](=O)[O-])cc1OC1=CCCC=C1. The van der Waals surface area contributed by atoms with Crippen molar-refractivity contribution in [3.63, 3.8) is 0 Å². The summed E-state index contributed by atoms with van der Waals surface area (Å²) in [6, 6.07) is 4.54. The van der Waals surface area contributed by atoms with Gasteiger partial charge in [0.15, 0.2) is 5.75 Å². The van der Waals surface area contributed by atoms with Crippen molar-refractivity contribution in [1.82, 2.24) is 0 Å². The number of rotatable bonds is 5. The molecule has 0 atom stereocenters. The zero-order chi connectivity index (χ0) is 13.7. The van der Waals surface area contributed by atoms with Crippen LogP contribution in [0.3, 0.4) is 0 Å². The highest BCUT2D eigenvalue weighted by Gasteiger charge is 2.13. The molecule has 2 rings (SSSR count). The molecule has 0 bridgehead atoms. The molecule has 5 nitrogen and oxygen atoms in total. The number of nitrogens with one attached hydrogen (secondary N) is 1. The van der Waals surface area contributed by atoms with Gasteiger partial charge in [-0.25, -0.2) is 0 Å². The largest absolute Gasteiger partial charge is 0.455 e. The number of nitro groups is 1. The second kappa shape index (κ2) is 6.29. The zero-order valence-electron chi connectivity index (χ0n) is 10.5. The van der Waals surface area contributed by atoms with Crippen molar-refractivity contribution >= 4 is 23.3 Å². The summed E-state index contributed by atoms with van der Waals surface area (Å²) in [5, 5.41) is 10.8. The first kappa shape index (κ1) is 13.5. The summed E-state index contributed by atoms with van der Waals surface area (Å²) in [6.07, 6.45) is 9.68. The van der Waals surface area contributed by atoms with Crippen molar-refractivity contribution in [2.45, 2.75) is 12.8 Å². The van der Waals surface area contributed by atoms with Crippen molar-refractivity contribution < 1.29 is 9.66 Å². The number of nitro benzene ring substituents is 1. The van der Waals surface area contributed by atoms with Crippen molar-refractivity contribution in [1.29, 1.82) is 0 Å². The summed E-state index contributed by atoms with van der Waals surface area (Å²) in [6.45, 7) is 0. The van der Waals surface area contributed by atoms with Crippen LogP contribution in [0.2, 0.25) is 0 Å². The van der Waals surface area contributed by atoms with Crippen LogP contribution in [0.15, 0.2) is 42.2 Å². The van der Waals surface area contributed by atoms with Gasteiger partial charge in [-0.2, -0.15) is 0 Å². The molecule has 0 unspecified atom stereocenters. The van der Waals surface area contributed by atoms with Crippen LogP contribution in [-0.2, 0) is 0 Å². The molecule has 19 heavy (non-hydrogen) atoms. The van der Waals surface area contributed by atoms with Gasteiger partial charge in [-0.05, 0) is 31.1 Å². The van der Waals surface area contributed by atoms with Gasteiger partial charge in [-0.3, -0.25) is 10.1 Å². The Morgan fingerprint density at radius 3 is 2.89 bits per heavy atom. The smallest absolute Gasteiger partial charge is 0.273 e. The van der Waals surface area contributed by atoms with E-state index < -0.39 is 4.92 Å². The van der Waals surface area contributed by atoms with E-state index in [2.05, 4.69) is 4.72 Å². The molecule has 0 fully saturated rings. The van der Waals surface area contributed by atoms with Crippen LogP contribution in [-0.4, -0.2) is 11.2 Å². The molecule has 0 radical (unpaired) electrons. The van der Waals surface area contributed by atoms with E-state index in [9.17, 15) is 10.1 Å². The second-order valence-electron chi connectivity index (χ2n) is 3.93. The molecule has 0 aliphatic heterocycles. The number of hydrogen-bond donors (Lipinski definition) is 1. The van der Waals surface area contributed by atoms with Crippen LogP contribution < -0.4 is 9.46 Å². The minimum atomic E-state index is -0.430.